The van der Waals surface area contributed by atoms with Gasteiger partial charge in [-0.2, -0.15) is 0 Å². The van der Waals surface area contributed by atoms with Crippen LogP contribution in [0.25, 0.3) is 11.3 Å². The number of nitrogens with zero attached hydrogens (tertiary/aromatic N) is 5. The van der Waals surface area contributed by atoms with E-state index < -0.39 is 0 Å². The number of anilines is 4. The quantitative estimate of drug-likeness (QED) is 0.188. The predicted molar refractivity (Wildman–Crippen MR) is 133 cm³/mol. The van der Waals surface area contributed by atoms with Gasteiger partial charge in [0.25, 0.3) is 0 Å². The van der Waals surface area contributed by atoms with Crippen molar-refractivity contribution in [3.8, 4) is 11.3 Å². The number of rotatable bonds is 3. The second-order valence-corrected chi connectivity index (χ2v) is 7.21. The van der Waals surface area contributed by atoms with Crippen LogP contribution < -0.4 is 9.62 Å². The van der Waals surface area contributed by atoms with Crippen LogP contribution >= 0.6 is 0 Å². The number of aromatic nitrogens is 3. The van der Waals surface area contributed by atoms with Gasteiger partial charge in [0.2, 0.25) is 0 Å². The maximum Gasteiger partial charge on any atom is 0.403 e. The molecule has 5 aromatic rings. The zero-order valence-electron chi connectivity index (χ0n) is 18.2. The van der Waals surface area contributed by atoms with Crippen LogP contribution in [0.2, 0.25) is 0 Å². The molecule has 34 heavy (non-hydrogen) atoms. The van der Waals surface area contributed by atoms with E-state index in [-0.39, 0.29) is 20.1 Å². The van der Waals surface area contributed by atoms with Gasteiger partial charge in [-0.1, -0.05) is 36.4 Å². The zero-order chi connectivity index (χ0) is 22.3. The Morgan fingerprint density at radius 1 is 0.559 bits per heavy atom. The number of fused-ring (bicyclic) bond motifs is 1. The normalized spacial score (nSPS) is 11.4. The first kappa shape index (κ1) is 23.4. The third-order valence-electron chi connectivity index (χ3n) is 5.07. The Morgan fingerprint density at radius 3 is 1.56 bits per heavy atom. The molecule has 0 bridgehead atoms. The van der Waals surface area contributed by atoms with Crippen molar-refractivity contribution in [2.45, 2.75) is 0 Å². The molecule has 0 amide bonds. The number of hydrogen-bond acceptors (Lipinski definition) is 5. The van der Waals surface area contributed by atoms with Crippen LogP contribution in [0.1, 0.15) is 0 Å². The molecule has 0 spiro atoms. The van der Waals surface area contributed by atoms with E-state index in [1.54, 1.807) is 18.6 Å². The monoisotopic (exact) mass is 618 g/mol. The minimum absolute atomic E-state index is 0. The SMILES string of the molecule is [B]1N(c2ccccn2)c2ccccc2N1c1ccccn1.[Ir].[c-]1ccccc1-c1ccccn1. The summed E-state index contributed by atoms with van der Waals surface area (Å²) in [6.45, 7) is 0. The minimum Gasteiger partial charge on any atom is -0.351 e. The molecule has 0 atom stereocenters. The fourth-order valence-corrected chi connectivity index (χ4v) is 3.54. The van der Waals surface area contributed by atoms with Crippen molar-refractivity contribution < 1.29 is 20.1 Å². The third kappa shape index (κ3) is 5.23. The van der Waals surface area contributed by atoms with Crippen LogP contribution in [0.3, 0.4) is 0 Å². The molecule has 5 nitrogen and oxygen atoms in total. The molecule has 0 saturated heterocycles. The number of benzene rings is 2. The average Bonchev–Trinajstić information content (AvgIpc) is 3.31. The van der Waals surface area contributed by atoms with Crippen molar-refractivity contribution >= 4 is 30.6 Å². The number of hydrogen-bond donors (Lipinski definition) is 0. The van der Waals surface area contributed by atoms with Gasteiger partial charge in [-0.15, -0.1) is 35.9 Å². The van der Waals surface area contributed by atoms with Crippen LogP contribution in [0.15, 0.2) is 122 Å². The van der Waals surface area contributed by atoms with Crippen LogP contribution in [0.4, 0.5) is 23.0 Å². The fraction of sp³-hybridized carbons (Fsp3) is 0. The van der Waals surface area contributed by atoms with Crippen molar-refractivity contribution in [1.82, 2.24) is 15.0 Å². The molecule has 7 heteroatoms. The van der Waals surface area contributed by atoms with Gasteiger partial charge in [0, 0.05) is 38.7 Å². The summed E-state index contributed by atoms with van der Waals surface area (Å²) < 4.78 is 0. The summed E-state index contributed by atoms with van der Waals surface area (Å²) in [5.74, 6) is 1.78. The molecule has 4 heterocycles. The molecule has 0 saturated carbocycles. The van der Waals surface area contributed by atoms with E-state index in [1.807, 2.05) is 98.5 Å². The van der Waals surface area contributed by atoms with Crippen LogP contribution in [0.5, 0.6) is 0 Å². The predicted octanol–water partition coefficient (Wildman–Crippen LogP) is 5.85. The van der Waals surface area contributed by atoms with Gasteiger partial charge in [0.1, 0.15) is 11.6 Å². The van der Waals surface area contributed by atoms with E-state index in [0.717, 1.165) is 34.3 Å². The molecule has 3 aromatic heterocycles. The minimum atomic E-state index is 0. The van der Waals surface area contributed by atoms with Crippen molar-refractivity contribution in [2.24, 2.45) is 0 Å². The molecule has 1 aliphatic rings. The van der Waals surface area contributed by atoms with E-state index in [2.05, 4.69) is 42.8 Å². The maximum absolute atomic E-state index is 4.44. The fourth-order valence-electron chi connectivity index (χ4n) is 3.54. The second kappa shape index (κ2) is 11.4. The van der Waals surface area contributed by atoms with Gasteiger partial charge in [0.15, 0.2) is 0 Å². The van der Waals surface area contributed by atoms with E-state index >= 15 is 0 Å². The molecule has 0 fully saturated rings. The first-order valence-electron chi connectivity index (χ1n) is 10.6. The summed E-state index contributed by atoms with van der Waals surface area (Å²) in [6.07, 6.45) is 5.39. The summed E-state index contributed by atoms with van der Waals surface area (Å²) in [4.78, 5) is 17.2. The zero-order valence-corrected chi connectivity index (χ0v) is 20.6. The van der Waals surface area contributed by atoms with Crippen molar-refractivity contribution in [2.75, 3.05) is 9.62 Å². The molecular weight excluding hydrogens is 597 g/mol. The smallest absolute Gasteiger partial charge is 0.351 e. The van der Waals surface area contributed by atoms with Gasteiger partial charge in [-0.25, -0.2) is 9.97 Å². The summed E-state index contributed by atoms with van der Waals surface area (Å²) in [5, 5.41) is 0. The van der Waals surface area contributed by atoms with E-state index in [9.17, 15) is 0 Å². The van der Waals surface area contributed by atoms with Crippen LogP contribution in [0, 0.1) is 6.07 Å². The first-order chi connectivity index (χ1) is 16.4. The number of para-hydroxylation sites is 2. The van der Waals surface area contributed by atoms with E-state index in [1.165, 1.54) is 0 Å². The molecule has 2 radical (unpaired) electrons. The molecule has 1 aliphatic heterocycles. The summed E-state index contributed by atoms with van der Waals surface area (Å²) >= 11 is 0. The van der Waals surface area contributed by atoms with Crippen molar-refractivity contribution in [3.63, 3.8) is 0 Å². The van der Waals surface area contributed by atoms with E-state index in [0.29, 0.717) is 0 Å². The average molecular weight is 618 g/mol. The standard InChI is InChI=1S/C16H12BN4.C11H8N.Ir/c1-2-8-14-13(7-1)20(15-9-3-5-11-18-15)17-21(14)16-10-4-6-12-19-16;1-2-6-10(7-3-1)11-8-4-5-9-12-11;/h1-12H;1-6,8-9H;/q;-1;. The summed E-state index contributed by atoms with van der Waals surface area (Å²) in [7, 11) is 2.02. The van der Waals surface area contributed by atoms with Crippen molar-refractivity contribution in [3.05, 3.63) is 128 Å². The van der Waals surface area contributed by atoms with Gasteiger partial charge in [-0.05, 0) is 48.2 Å². The molecule has 166 valence electrons. The van der Waals surface area contributed by atoms with Gasteiger partial charge < -0.3 is 14.6 Å². The molecule has 6 rings (SSSR count). The Hall–Kier alpha value is -3.80. The third-order valence-corrected chi connectivity index (χ3v) is 5.07. The molecule has 0 N–H and O–H groups in total. The molecule has 0 unspecified atom stereocenters. The molecule has 2 aromatic carbocycles. The Balaban J connectivity index is 0.000000180. The Bertz CT molecular complexity index is 1190. The van der Waals surface area contributed by atoms with Crippen LogP contribution in [-0.4, -0.2) is 22.5 Å². The Morgan fingerprint density at radius 2 is 1.09 bits per heavy atom. The largest absolute Gasteiger partial charge is 0.403 e. The topological polar surface area (TPSA) is 45.2 Å². The molecular formula is C27H20BIrN5-. The van der Waals surface area contributed by atoms with Crippen LogP contribution in [-0.2, 0) is 20.1 Å². The Labute approximate surface area is 213 Å². The maximum atomic E-state index is 4.44. The van der Waals surface area contributed by atoms with Gasteiger partial charge in [-0.3, -0.25) is 0 Å². The summed E-state index contributed by atoms with van der Waals surface area (Å²) in [5.41, 5.74) is 4.21. The van der Waals surface area contributed by atoms with Gasteiger partial charge >= 0.3 is 7.55 Å². The Kier molecular flexibility index (Phi) is 7.81. The van der Waals surface area contributed by atoms with Crippen molar-refractivity contribution in [1.29, 1.82) is 0 Å². The van der Waals surface area contributed by atoms with Gasteiger partial charge in [0.05, 0.1) is 11.4 Å². The molecule has 0 aliphatic carbocycles. The number of pyridine rings is 3. The first-order valence-corrected chi connectivity index (χ1v) is 10.6. The second-order valence-electron chi connectivity index (χ2n) is 7.21. The summed E-state index contributed by atoms with van der Waals surface area (Å²) in [6, 6.07) is 36.9. The van der Waals surface area contributed by atoms with E-state index in [4.69, 9.17) is 0 Å².